The van der Waals surface area contributed by atoms with Gasteiger partial charge in [-0.05, 0) is 91.3 Å². The molecule has 0 aromatic rings. The third kappa shape index (κ3) is 3.71. The summed E-state index contributed by atoms with van der Waals surface area (Å²) in [5.41, 5.74) is 0.711. The second-order valence-corrected chi connectivity index (χ2v) is 12.8. The van der Waals surface area contributed by atoms with Gasteiger partial charge in [-0.1, -0.05) is 53.9 Å². The van der Waals surface area contributed by atoms with Gasteiger partial charge in [0.2, 0.25) is 0 Å². The van der Waals surface area contributed by atoms with Crippen LogP contribution >= 0.6 is 0 Å². The number of ether oxygens (including phenoxy) is 1. The number of methoxy groups -OCH3 is 1. The summed E-state index contributed by atoms with van der Waals surface area (Å²) in [5, 5.41) is 0. The van der Waals surface area contributed by atoms with Gasteiger partial charge in [-0.2, -0.15) is 0 Å². The fourth-order valence-electron chi connectivity index (χ4n) is 9.24. The van der Waals surface area contributed by atoms with Gasteiger partial charge >= 0.3 is 0 Å². The molecule has 172 valence electrons. The highest BCUT2D eigenvalue weighted by atomic mass is 16.5. The van der Waals surface area contributed by atoms with E-state index in [0.717, 1.165) is 48.9 Å². The second kappa shape index (κ2) is 8.53. The third-order valence-corrected chi connectivity index (χ3v) is 10.9. The first-order valence-electron chi connectivity index (χ1n) is 13.3. The lowest BCUT2D eigenvalue weighted by Crippen LogP contribution is -2.57. The van der Waals surface area contributed by atoms with E-state index in [9.17, 15) is 4.79 Å². The predicted octanol–water partition coefficient (Wildman–Crippen LogP) is 7.30. The van der Waals surface area contributed by atoms with Crippen LogP contribution in [-0.2, 0) is 9.53 Å². The molecule has 0 N–H and O–H groups in total. The normalized spacial score (nSPS) is 47.0. The molecule has 0 spiro atoms. The van der Waals surface area contributed by atoms with Gasteiger partial charge in [0.15, 0.2) is 0 Å². The van der Waals surface area contributed by atoms with E-state index in [2.05, 4.69) is 34.6 Å². The largest absolute Gasteiger partial charge is 0.381 e. The minimum Gasteiger partial charge on any atom is -0.381 e. The number of carbonyl (C=O) groups is 1. The first-order valence-corrected chi connectivity index (χ1v) is 13.3. The van der Waals surface area contributed by atoms with Crippen molar-refractivity contribution in [2.45, 2.75) is 111 Å². The average Bonchev–Trinajstić information content (AvgIpc) is 3.05. The van der Waals surface area contributed by atoms with Gasteiger partial charge in [0.1, 0.15) is 5.78 Å². The summed E-state index contributed by atoms with van der Waals surface area (Å²) in [6, 6.07) is 0. The smallest absolute Gasteiger partial charge is 0.136 e. The van der Waals surface area contributed by atoms with Crippen molar-refractivity contribution in [2.75, 3.05) is 7.11 Å². The molecule has 4 rings (SSSR count). The molecule has 0 bridgehead atoms. The SMILES string of the molecule is CO[C@H]1CC[C@@]2(C)[C@H](C1)C(=O)C[C@H]1[C@H]3CC[C@H]([C@H](C)CCCC(C)C)[C@@]3(C)CC[C@@H]12. The van der Waals surface area contributed by atoms with E-state index in [4.69, 9.17) is 4.74 Å². The lowest BCUT2D eigenvalue weighted by Gasteiger charge is -2.60. The Bertz CT molecular complexity index is 626. The van der Waals surface area contributed by atoms with Crippen LogP contribution in [0, 0.1) is 52.3 Å². The van der Waals surface area contributed by atoms with Gasteiger partial charge in [-0.15, -0.1) is 0 Å². The quantitative estimate of drug-likeness (QED) is 0.454. The van der Waals surface area contributed by atoms with Crippen LogP contribution in [0.3, 0.4) is 0 Å². The summed E-state index contributed by atoms with van der Waals surface area (Å²) in [4.78, 5) is 13.4. The molecule has 4 aliphatic carbocycles. The third-order valence-electron chi connectivity index (χ3n) is 10.9. The van der Waals surface area contributed by atoms with Crippen LogP contribution in [0.15, 0.2) is 0 Å². The Hall–Kier alpha value is -0.370. The van der Waals surface area contributed by atoms with E-state index < -0.39 is 0 Å². The molecule has 0 aliphatic heterocycles. The number of Topliss-reactive ketones (excluding diaryl/α,β-unsaturated/α-hetero) is 1. The second-order valence-electron chi connectivity index (χ2n) is 12.8. The molecule has 0 aromatic carbocycles. The van der Waals surface area contributed by atoms with Gasteiger partial charge in [0.25, 0.3) is 0 Å². The predicted molar refractivity (Wildman–Crippen MR) is 124 cm³/mol. The molecule has 0 radical (unpaired) electrons. The minimum atomic E-state index is 0.233. The molecule has 4 aliphatic rings. The maximum Gasteiger partial charge on any atom is 0.136 e. The number of hydrogen-bond acceptors (Lipinski definition) is 2. The average molecular weight is 417 g/mol. The molecule has 9 atom stereocenters. The van der Waals surface area contributed by atoms with Crippen LogP contribution in [-0.4, -0.2) is 19.0 Å². The van der Waals surface area contributed by atoms with Crippen molar-refractivity contribution >= 4 is 5.78 Å². The van der Waals surface area contributed by atoms with Crippen molar-refractivity contribution in [1.29, 1.82) is 0 Å². The van der Waals surface area contributed by atoms with Crippen molar-refractivity contribution in [3.8, 4) is 0 Å². The molecule has 4 fully saturated rings. The Balaban J connectivity index is 1.50. The van der Waals surface area contributed by atoms with Crippen LogP contribution in [0.2, 0.25) is 0 Å². The number of ketones is 1. The molecule has 0 unspecified atom stereocenters. The highest BCUT2D eigenvalue weighted by Gasteiger charge is 2.62. The Kier molecular flexibility index (Phi) is 6.48. The summed E-state index contributed by atoms with van der Waals surface area (Å²) in [7, 11) is 1.83. The van der Waals surface area contributed by atoms with E-state index >= 15 is 0 Å². The van der Waals surface area contributed by atoms with E-state index in [1.165, 1.54) is 51.4 Å². The van der Waals surface area contributed by atoms with Gasteiger partial charge in [0, 0.05) is 19.4 Å². The highest BCUT2D eigenvalue weighted by Crippen LogP contribution is 2.67. The van der Waals surface area contributed by atoms with Crippen molar-refractivity contribution < 1.29 is 9.53 Å². The lowest BCUT2D eigenvalue weighted by atomic mass is 9.44. The molecule has 2 nitrogen and oxygen atoms in total. The molecule has 30 heavy (non-hydrogen) atoms. The summed E-state index contributed by atoms with van der Waals surface area (Å²) >= 11 is 0. The molecule has 0 aromatic heterocycles. The van der Waals surface area contributed by atoms with E-state index in [1.54, 1.807) is 0 Å². The van der Waals surface area contributed by atoms with Crippen LogP contribution in [0.5, 0.6) is 0 Å². The Morgan fingerprint density at radius 3 is 2.37 bits per heavy atom. The van der Waals surface area contributed by atoms with Gasteiger partial charge in [0.05, 0.1) is 6.10 Å². The summed E-state index contributed by atoms with van der Waals surface area (Å²) in [5.74, 6) is 5.60. The number of hydrogen-bond donors (Lipinski definition) is 0. The maximum atomic E-state index is 13.4. The number of fused-ring (bicyclic) bond motifs is 5. The van der Waals surface area contributed by atoms with Crippen molar-refractivity contribution in [3.63, 3.8) is 0 Å². The Morgan fingerprint density at radius 1 is 0.967 bits per heavy atom. The summed E-state index contributed by atoms with van der Waals surface area (Å²) < 4.78 is 5.69. The number of rotatable bonds is 6. The van der Waals surface area contributed by atoms with Crippen LogP contribution in [0.1, 0.15) is 105 Å². The van der Waals surface area contributed by atoms with Crippen LogP contribution < -0.4 is 0 Å². The van der Waals surface area contributed by atoms with Crippen LogP contribution in [0.4, 0.5) is 0 Å². The Morgan fingerprint density at radius 2 is 1.67 bits per heavy atom. The minimum absolute atomic E-state index is 0.233. The molecule has 0 heterocycles. The lowest BCUT2D eigenvalue weighted by molar-refractivity contribution is -0.161. The number of carbonyl (C=O) groups excluding carboxylic acids is 1. The van der Waals surface area contributed by atoms with E-state index in [-0.39, 0.29) is 11.3 Å². The van der Waals surface area contributed by atoms with Crippen molar-refractivity contribution in [1.82, 2.24) is 0 Å². The monoisotopic (exact) mass is 416 g/mol. The van der Waals surface area contributed by atoms with E-state index in [0.29, 0.717) is 23.2 Å². The molecule has 0 amide bonds. The highest BCUT2D eigenvalue weighted by molar-refractivity contribution is 5.83. The van der Waals surface area contributed by atoms with Crippen molar-refractivity contribution in [2.24, 2.45) is 52.3 Å². The molecule has 2 heteroatoms. The summed E-state index contributed by atoms with van der Waals surface area (Å²) in [6.07, 6.45) is 14.2. The molecular weight excluding hydrogens is 368 g/mol. The first-order chi connectivity index (χ1) is 14.2. The Labute approximate surface area is 186 Å². The fraction of sp³-hybridized carbons (Fsp3) is 0.964. The summed E-state index contributed by atoms with van der Waals surface area (Å²) in [6.45, 7) is 12.4. The zero-order valence-electron chi connectivity index (χ0n) is 20.7. The van der Waals surface area contributed by atoms with E-state index in [1.807, 2.05) is 7.11 Å². The maximum absolute atomic E-state index is 13.4. The van der Waals surface area contributed by atoms with Gasteiger partial charge in [-0.25, -0.2) is 0 Å². The zero-order valence-corrected chi connectivity index (χ0v) is 20.7. The topological polar surface area (TPSA) is 26.3 Å². The zero-order chi connectivity index (χ0) is 21.7. The standard InChI is InChI=1S/C28H48O2/c1-18(2)8-7-9-19(3)22-10-11-23-21-17-26(29)25-16-20(30-6)12-14-28(25,5)24(21)13-15-27(22,23)4/h18-25H,7-17H2,1-6H3/t19-,20+,21+,22-,23-,24+,25-,27-,28-/m1/s1. The molecule has 0 saturated heterocycles. The molecular formula is C28H48O2. The fourth-order valence-corrected chi connectivity index (χ4v) is 9.24. The van der Waals surface area contributed by atoms with Gasteiger partial charge < -0.3 is 4.74 Å². The van der Waals surface area contributed by atoms with Crippen LogP contribution in [0.25, 0.3) is 0 Å². The van der Waals surface area contributed by atoms with Gasteiger partial charge in [-0.3, -0.25) is 4.79 Å². The van der Waals surface area contributed by atoms with Crippen molar-refractivity contribution in [3.05, 3.63) is 0 Å². The first kappa shape index (κ1) is 22.8. The molecule has 4 saturated carbocycles.